The van der Waals surface area contributed by atoms with Crippen LogP contribution in [0.3, 0.4) is 0 Å². The van der Waals surface area contributed by atoms with Gasteiger partial charge >= 0.3 is 0 Å². The summed E-state index contributed by atoms with van der Waals surface area (Å²) in [5, 5.41) is 5.79. The molecule has 0 aliphatic carbocycles. The number of rotatable bonds is 6. The van der Waals surface area contributed by atoms with Crippen LogP contribution in [-0.2, 0) is 11.8 Å². The second-order valence-electron chi connectivity index (χ2n) is 10.3. The zero-order valence-electron chi connectivity index (χ0n) is 21.4. The molecule has 0 unspecified atom stereocenters. The van der Waals surface area contributed by atoms with Crippen LogP contribution in [-0.4, -0.2) is 66.6 Å². The number of hydrogen-bond acceptors (Lipinski definition) is 5. The van der Waals surface area contributed by atoms with Crippen LogP contribution in [0, 0.1) is 0 Å². The molecule has 0 radical (unpaired) electrons. The van der Waals surface area contributed by atoms with E-state index in [0.29, 0.717) is 22.4 Å². The van der Waals surface area contributed by atoms with Gasteiger partial charge in [0.25, 0.3) is 0 Å². The number of nitrogens with one attached hydrogen (secondary N) is 1. The van der Waals surface area contributed by atoms with Gasteiger partial charge in [-0.2, -0.15) is 5.10 Å². The Morgan fingerprint density at radius 2 is 1.92 bits per heavy atom. The van der Waals surface area contributed by atoms with Crippen LogP contribution in [0.15, 0.2) is 42.7 Å². The molecular formula is C28H31Cl2N7O. The molecule has 2 fully saturated rings. The van der Waals surface area contributed by atoms with Crippen molar-refractivity contribution in [1.29, 1.82) is 0 Å². The molecule has 5 heterocycles. The number of aromatic amines is 1. The molecule has 0 bridgehead atoms. The summed E-state index contributed by atoms with van der Waals surface area (Å²) in [5.41, 5.74) is 4.95. The SMILES string of the molecule is Cn1nc(C2CCN(CCC(=O)N3CCC[C@H]3c3nc4cc(Cl)c(Cl)cc4[nH]3)CC2)cc1-c1cccnc1. The number of benzene rings is 1. The van der Waals surface area contributed by atoms with Crippen LogP contribution in [0.2, 0.25) is 10.0 Å². The highest BCUT2D eigenvalue weighted by Gasteiger charge is 2.32. The van der Waals surface area contributed by atoms with Gasteiger partial charge in [-0.25, -0.2) is 4.98 Å². The zero-order chi connectivity index (χ0) is 26.2. The summed E-state index contributed by atoms with van der Waals surface area (Å²) in [6.07, 6.45) is 8.17. The minimum Gasteiger partial charge on any atom is -0.340 e. The predicted octanol–water partition coefficient (Wildman–Crippen LogP) is 5.60. The van der Waals surface area contributed by atoms with E-state index in [1.807, 2.05) is 28.9 Å². The maximum atomic E-state index is 13.3. The number of amides is 1. The van der Waals surface area contributed by atoms with Crippen molar-refractivity contribution in [2.45, 2.75) is 44.1 Å². The number of H-pyrrole nitrogens is 1. The van der Waals surface area contributed by atoms with Crippen molar-refractivity contribution in [3.63, 3.8) is 0 Å². The summed E-state index contributed by atoms with van der Waals surface area (Å²) in [6, 6.07) is 9.76. The Labute approximate surface area is 232 Å². The molecule has 2 saturated heterocycles. The number of imidazole rings is 1. The Balaban J connectivity index is 1.04. The van der Waals surface area contributed by atoms with E-state index < -0.39 is 0 Å². The second kappa shape index (κ2) is 10.7. The van der Waals surface area contributed by atoms with E-state index in [1.165, 1.54) is 0 Å². The van der Waals surface area contributed by atoms with E-state index in [1.54, 1.807) is 18.3 Å². The Kier molecular flexibility index (Phi) is 7.12. The van der Waals surface area contributed by atoms with Crippen LogP contribution < -0.4 is 0 Å². The summed E-state index contributed by atoms with van der Waals surface area (Å²) >= 11 is 12.3. The number of hydrogen-bond donors (Lipinski definition) is 1. The highest BCUT2D eigenvalue weighted by Crippen LogP contribution is 2.34. The number of fused-ring (bicyclic) bond motifs is 1. The first-order valence-electron chi connectivity index (χ1n) is 13.3. The molecule has 4 aromatic rings. The quantitative estimate of drug-likeness (QED) is 0.337. The lowest BCUT2D eigenvalue weighted by atomic mass is 9.93. The maximum absolute atomic E-state index is 13.3. The first kappa shape index (κ1) is 25.3. The van der Waals surface area contributed by atoms with Crippen LogP contribution in [0.1, 0.15) is 55.6 Å². The number of pyridine rings is 1. The lowest BCUT2D eigenvalue weighted by Gasteiger charge is -2.32. The zero-order valence-corrected chi connectivity index (χ0v) is 22.9. The number of nitrogens with zero attached hydrogens (tertiary/aromatic N) is 6. The molecule has 1 amide bonds. The summed E-state index contributed by atoms with van der Waals surface area (Å²) in [7, 11) is 1.99. The molecule has 6 rings (SSSR count). The molecule has 3 aromatic heterocycles. The van der Waals surface area contributed by atoms with Gasteiger partial charge in [-0.05, 0) is 69.1 Å². The van der Waals surface area contributed by atoms with Crippen LogP contribution in [0.4, 0.5) is 0 Å². The van der Waals surface area contributed by atoms with E-state index in [4.69, 9.17) is 33.3 Å². The molecule has 198 valence electrons. The number of piperidine rings is 1. The minimum absolute atomic E-state index is 0.0312. The summed E-state index contributed by atoms with van der Waals surface area (Å²) in [4.78, 5) is 30.0. The van der Waals surface area contributed by atoms with Crippen molar-refractivity contribution in [1.82, 2.24) is 34.5 Å². The van der Waals surface area contributed by atoms with E-state index >= 15 is 0 Å². The van der Waals surface area contributed by atoms with Gasteiger partial charge in [0, 0.05) is 50.4 Å². The molecule has 0 saturated carbocycles. The summed E-state index contributed by atoms with van der Waals surface area (Å²) < 4.78 is 1.95. The average molecular weight is 553 g/mol. The van der Waals surface area contributed by atoms with Crippen molar-refractivity contribution >= 4 is 40.1 Å². The monoisotopic (exact) mass is 551 g/mol. The normalized spacial score (nSPS) is 19.0. The molecule has 1 N–H and O–H groups in total. The fourth-order valence-corrected chi connectivity index (χ4v) is 6.18. The molecule has 1 atom stereocenters. The highest BCUT2D eigenvalue weighted by molar-refractivity contribution is 6.42. The van der Waals surface area contributed by atoms with Crippen LogP contribution >= 0.6 is 23.2 Å². The number of halogens is 2. The fourth-order valence-electron chi connectivity index (χ4n) is 5.86. The largest absolute Gasteiger partial charge is 0.340 e. The minimum atomic E-state index is -0.0312. The standard InChI is InChI=1S/C28H31Cl2N7O/c1-35-26(19-4-2-9-31-17-19)16-22(34-35)18-6-11-36(12-7-18)13-8-27(38)37-10-3-5-25(37)28-32-23-14-20(29)21(30)15-24(23)33-28/h2,4,9,14-18,25H,3,5-8,10-13H2,1H3,(H,32,33)/t25-/m0/s1. The molecule has 0 spiro atoms. The van der Waals surface area contributed by atoms with Crippen molar-refractivity contribution in [3.05, 3.63) is 64.3 Å². The van der Waals surface area contributed by atoms with Crippen molar-refractivity contribution in [2.75, 3.05) is 26.2 Å². The molecule has 10 heteroatoms. The molecule has 38 heavy (non-hydrogen) atoms. The molecule has 8 nitrogen and oxygen atoms in total. The van der Waals surface area contributed by atoms with E-state index in [9.17, 15) is 4.79 Å². The van der Waals surface area contributed by atoms with E-state index in [2.05, 4.69) is 27.0 Å². The summed E-state index contributed by atoms with van der Waals surface area (Å²) in [6.45, 7) is 3.50. The van der Waals surface area contributed by atoms with Gasteiger partial charge in [0.05, 0.1) is 38.5 Å². The highest BCUT2D eigenvalue weighted by atomic mass is 35.5. The van der Waals surface area contributed by atoms with Crippen LogP contribution in [0.25, 0.3) is 22.3 Å². The summed E-state index contributed by atoms with van der Waals surface area (Å²) in [5.74, 6) is 1.44. The Morgan fingerprint density at radius 1 is 1.11 bits per heavy atom. The third-order valence-corrected chi connectivity index (χ3v) is 8.66. The first-order valence-corrected chi connectivity index (χ1v) is 14.0. The van der Waals surface area contributed by atoms with Gasteiger partial charge in [0.1, 0.15) is 5.82 Å². The fraction of sp³-hybridized carbons (Fsp3) is 0.429. The molecule has 1 aromatic carbocycles. The predicted molar refractivity (Wildman–Crippen MR) is 149 cm³/mol. The van der Waals surface area contributed by atoms with Gasteiger partial charge in [-0.15, -0.1) is 0 Å². The van der Waals surface area contributed by atoms with Gasteiger partial charge in [0.15, 0.2) is 0 Å². The lowest BCUT2D eigenvalue weighted by Crippen LogP contribution is -2.38. The topological polar surface area (TPSA) is 82.9 Å². The number of aromatic nitrogens is 5. The number of likely N-dealkylation sites (tertiary alicyclic amines) is 2. The Hall–Kier alpha value is -2.94. The van der Waals surface area contributed by atoms with E-state index in [0.717, 1.165) is 85.7 Å². The first-order chi connectivity index (χ1) is 18.5. The number of carbonyl (C=O) groups excluding carboxylic acids is 1. The third-order valence-electron chi connectivity index (χ3n) is 7.93. The van der Waals surface area contributed by atoms with Gasteiger partial charge < -0.3 is 14.8 Å². The Bertz CT molecular complexity index is 1400. The van der Waals surface area contributed by atoms with Crippen LogP contribution in [0.5, 0.6) is 0 Å². The average Bonchev–Trinajstić information content (AvgIpc) is 3.67. The molecule has 2 aliphatic heterocycles. The van der Waals surface area contributed by atoms with Gasteiger partial charge in [-0.1, -0.05) is 23.2 Å². The third kappa shape index (κ3) is 5.05. The maximum Gasteiger partial charge on any atom is 0.224 e. The van der Waals surface area contributed by atoms with Gasteiger partial charge in [-0.3, -0.25) is 14.5 Å². The Morgan fingerprint density at radius 3 is 2.71 bits per heavy atom. The van der Waals surface area contributed by atoms with E-state index in [-0.39, 0.29) is 11.9 Å². The molecular weight excluding hydrogens is 521 g/mol. The number of aryl methyl sites for hydroxylation is 1. The van der Waals surface area contributed by atoms with Crippen molar-refractivity contribution in [3.8, 4) is 11.3 Å². The smallest absolute Gasteiger partial charge is 0.224 e. The lowest BCUT2D eigenvalue weighted by molar-refractivity contribution is -0.132. The molecule has 2 aliphatic rings. The van der Waals surface area contributed by atoms with Crippen molar-refractivity contribution < 1.29 is 4.79 Å². The number of carbonyl (C=O) groups is 1. The van der Waals surface area contributed by atoms with Crippen molar-refractivity contribution in [2.24, 2.45) is 7.05 Å². The van der Waals surface area contributed by atoms with Gasteiger partial charge in [0.2, 0.25) is 5.91 Å². The second-order valence-corrected chi connectivity index (χ2v) is 11.2.